The van der Waals surface area contributed by atoms with Gasteiger partial charge in [-0.25, -0.2) is 4.79 Å². The first-order chi connectivity index (χ1) is 12.3. The number of rotatable bonds is 3. The van der Waals surface area contributed by atoms with Crippen molar-refractivity contribution in [2.45, 2.75) is 0 Å². The molecule has 0 saturated carbocycles. The smallest absolute Gasteiger partial charge is 0.308 e. The molecule has 5 nitrogen and oxygen atoms in total. The predicted molar refractivity (Wildman–Crippen MR) is 103 cm³/mol. The van der Waals surface area contributed by atoms with Crippen molar-refractivity contribution in [3.05, 3.63) is 95.8 Å². The fourth-order valence-electron chi connectivity index (χ4n) is 2.01. The number of allylic oxidation sites excluding steroid dienone is 15. The van der Waals surface area contributed by atoms with Gasteiger partial charge in [0, 0.05) is 11.3 Å². The second-order valence-electron chi connectivity index (χ2n) is 4.99. The first-order valence-electron chi connectivity index (χ1n) is 7.66. The van der Waals surface area contributed by atoms with Crippen LogP contribution >= 0.6 is 11.3 Å². The molecule has 0 bridgehead atoms. The van der Waals surface area contributed by atoms with Crippen LogP contribution in [-0.4, -0.2) is 16.2 Å². The minimum Gasteiger partial charge on any atom is -0.308 e. The van der Waals surface area contributed by atoms with Gasteiger partial charge in [0.2, 0.25) is 5.13 Å². The van der Waals surface area contributed by atoms with Gasteiger partial charge >= 0.3 is 6.03 Å². The van der Waals surface area contributed by atoms with Crippen molar-refractivity contribution in [1.29, 1.82) is 0 Å². The van der Waals surface area contributed by atoms with Gasteiger partial charge in [-0.05, 0) is 12.2 Å². The second kappa shape index (κ2) is 8.56. The van der Waals surface area contributed by atoms with Crippen LogP contribution in [0.1, 0.15) is 5.01 Å². The highest BCUT2D eigenvalue weighted by atomic mass is 32.1. The molecule has 1 aromatic heterocycles. The normalized spacial score (nSPS) is 20.8. The average molecular weight is 348 g/mol. The summed E-state index contributed by atoms with van der Waals surface area (Å²) in [5, 5.41) is 14.8. The predicted octanol–water partition coefficient (Wildman–Crippen LogP) is 4.29. The number of carbonyl (C=O) groups is 1. The van der Waals surface area contributed by atoms with E-state index in [4.69, 9.17) is 0 Å². The Labute approximate surface area is 149 Å². The van der Waals surface area contributed by atoms with Crippen LogP contribution < -0.4 is 10.6 Å². The van der Waals surface area contributed by atoms with Crippen LogP contribution in [0.15, 0.2) is 90.8 Å². The molecule has 2 aliphatic rings. The summed E-state index contributed by atoms with van der Waals surface area (Å²) in [5.74, 6) is 0. The lowest BCUT2D eigenvalue weighted by molar-refractivity contribution is 0.254. The van der Waals surface area contributed by atoms with E-state index in [0.29, 0.717) is 10.8 Å². The Kier molecular flexibility index (Phi) is 5.68. The molecule has 0 unspecified atom stereocenters. The Morgan fingerprint density at radius 2 is 1.44 bits per heavy atom. The second-order valence-corrected chi connectivity index (χ2v) is 5.97. The highest BCUT2D eigenvalue weighted by Gasteiger charge is 2.10. The van der Waals surface area contributed by atoms with Crippen molar-refractivity contribution in [3.8, 4) is 0 Å². The monoisotopic (exact) mass is 348 g/mol. The summed E-state index contributed by atoms with van der Waals surface area (Å²) < 4.78 is 0. The summed E-state index contributed by atoms with van der Waals surface area (Å²) in [6, 6.07) is -0.360. The molecule has 0 spiro atoms. The summed E-state index contributed by atoms with van der Waals surface area (Å²) in [4.78, 5) is 12.1. The maximum absolute atomic E-state index is 12.1. The van der Waals surface area contributed by atoms with Gasteiger partial charge in [0.05, 0.1) is 0 Å². The Hall–Kier alpha value is -3.25. The number of urea groups is 1. The molecule has 2 N–H and O–H groups in total. The highest BCUT2D eigenvalue weighted by molar-refractivity contribution is 7.16. The Morgan fingerprint density at radius 3 is 2.28 bits per heavy atom. The summed E-state index contributed by atoms with van der Waals surface area (Å²) >= 11 is 1.32. The van der Waals surface area contributed by atoms with Crippen molar-refractivity contribution in [3.63, 3.8) is 0 Å². The SMILES string of the molecule is O=C(NC1=C/C=C\C=C/C=C1)Nc1nnc(C2=C/C=C\C=C/C=C2)s1. The molecule has 0 atom stereocenters. The number of aromatic nitrogens is 2. The lowest BCUT2D eigenvalue weighted by Crippen LogP contribution is -2.27. The van der Waals surface area contributed by atoms with Crippen LogP contribution in [0.3, 0.4) is 0 Å². The number of carbonyl (C=O) groups excluding carboxylic acids is 1. The first kappa shape index (κ1) is 16.6. The topological polar surface area (TPSA) is 66.9 Å². The van der Waals surface area contributed by atoms with Crippen molar-refractivity contribution in [2.75, 3.05) is 5.32 Å². The molecule has 3 rings (SSSR count). The molecule has 0 aromatic carbocycles. The molecule has 0 fully saturated rings. The van der Waals surface area contributed by atoms with Gasteiger partial charge in [-0.3, -0.25) is 5.32 Å². The zero-order valence-electron chi connectivity index (χ0n) is 13.3. The maximum atomic E-state index is 12.1. The van der Waals surface area contributed by atoms with Crippen molar-refractivity contribution in [1.82, 2.24) is 15.5 Å². The van der Waals surface area contributed by atoms with Crippen LogP contribution in [0.25, 0.3) is 5.57 Å². The number of amides is 2. The molecule has 0 saturated heterocycles. The molecule has 1 heterocycles. The van der Waals surface area contributed by atoms with Crippen molar-refractivity contribution < 1.29 is 4.79 Å². The molecule has 2 amide bonds. The van der Waals surface area contributed by atoms with E-state index in [-0.39, 0.29) is 6.03 Å². The third kappa shape index (κ3) is 5.12. The Morgan fingerprint density at radius 1 is 0.760 bits per heavy atom. The number of nitrogens with one attached hydrogen (secondary N) is 2. The van der Waals surface area contributed by atoms with Gasteiger partial charge < -0.3 is 5.32 Å². The fourth-order valence-corrected chi connectivity index (χ4v) is 2.75. The minimum absolute atomic E-state index is 0.360. The largest absolute Gasteiger partial charge is 0.325 e. The van der Waals surface area contributed by atoms with Crippen LogP contribution in [0.4, 0.5) is 9.93 Å². The quantitative estimate of drug-likeness (QED) is 0.856. The van der Waals surface area contributed by atoms with E-state index in [1.54, 1.807) is 0 Å². The van der Waals surface area contributed by atoms with E-state index in [1.165, 1.54) is 11.3 Å². The molecule has 6 heteroatoms. The lowest BCUT2D eigenvalue weighted by atomic mass is 10.2. The standard InChI is InChI=1S/C19H16N4OS/c24-18(20-16-13-9-5-2-6-10-14-16)21-19-23-22-17(25-19)15-11-7-3-1-4-8-12-15/h1-14H,(H2,20,21,23,24)/b3-1-,4-1?,5-2-,6-2?,7-3?,8-4-,9-5?,10-6-,11-7?,12-8?,13-9?,14-10?,15-11?,15-12?,16-13?,16-14?. The fraction of sp³-hybridized carbons (Fsp3) is 0. The van der Waals surface area contributed by atoms with Gasteiger partial charge in [-0.1, -0.05) is 84.2 Å². The van der Waals surface area contributed by atoms with Gasteiger partial charge in [0.25, 0.3) is 0 Å². The zero-order valence-corrected chi connectivity index (χ0v) is 14.1. The van der Waals surface area contributed by atoms with E-state index in [9.17, 15) is 4.79 Å². The van der Waals surface area contributed by atoms with Crippen LogP contribution in [-0.2, 0) is 0 Å². The molecule has 124 valence electrons. The van der Waals surface area contributed by atoms with Gasteiger partial charge in [0.15, 0.2) is 0 Å². The van der Waals surface area contributed by atoms with E-state index in [2.05, 4.69) is 20.8 Å². The molecule has 0 radical (unpaired) electrons. The van der Waals surface area contributed by atoms with E-state index >= 15 is 0 Å². The van der Waals surface area contributed by atoms with Gasteiger partial charge in [-0.15, -0.1) is 10.2 Å². The highest BCUT2D eigenvalue weighted by Crippen LogP contribution is 2.24. The van der Waals surface area contributed by atoms with Gasteiger partial charge in [0.1, 0.15) is 5.01 Å². The van der Waals surface area contributed by atoms with E-state index < -0.39 is 0 Å². The summed E-state index contributed by atoms with van der Waals surface area (Å²) in [5.41, 5.74) is 1.62. The summed E-state index contributed by atoms with van der Waals surface area (Å²) in [6.45, 7) is 0. The van der Waals surface area contributed by atoms with Crippen molar-refractivity contribution >= 4 is 28.1 Å². The lowest BCUT2D eigenvalue weighted by Gasteiger charge is -2.05. The average Bonchev–Trinajstić information content (AvgIpc) is 2.97. The molecular formula is C19H16N4OS. The maximum Gasteiger partial charge on any atom is 0.325 e. The molecular weight excluding hydrogens is 332 g/mol. The Balaban J connectivity index is 1.64. The Bertz CT molecular complexity index is 879. The van der Waals surface area contributed by atoms with E-state index in [0.717, 1.165) is 10.6 Å². The minimum atomic E-state index is -0.360. The molecule has 25 heavy (non-hydrogen) atoms. The summed E-state index contributed by atoms with van der Waals surface area (Å²) in [6.07, 6.45) is 26.6. The number of nitrogens with zero attached hydrogens (tertiary/aromatic N) is 2. The van der Waals surface area contributed by atoms with Crippen molar-refractivity contribution in [2.24, 2.45) is 0 Å². The van der Waals surface area contributed by atoms with Gasteiger partial charge in [-0.2, -0.15) is 0 Å². The third-order valence-electron chi connectivity index (χ3n) is 3.14. The number of hydrogen-bond acceptors (Lipinski definition) is 4. The zero-order chi connectivity index (χ0) is 17.3. The van der Waals surface area contributed by atoms with Crippen LogP contribution in [0, 0.1) is 0 Å². The van der Waals surface area contributed by atoms with Crippen LogP contribution in [0.2, 0.25) is 0 Å². The number of hydrogen-bond donors (Lipinski definition) is 2. The third-order valence-corrected chi connectivity index (χ3v) is 4.03. The van der Waals surface area contributed by atoms with Crippen LogP contribution in [0.5, 0.6) is 0 Å². The summed E-state index contributed by atoms with van der Waals surface area (Å²) in [7, 11) is 0. The first-order valence-corrected chi connectivity index (χ1v) is 8.48. The number of anilines is 1. The molecule has 1 aromatic rings. The van der Waals surface area contributed by atoms with E-state index in [1.807, 2.05) is 85.1 Å². The molecule has 2 aliphatic carbocycles. The molecule has 0 aliphatic heterocycles.